The number of rotatable bonds is 7. The molecule has 1 unspecified atom stereocenters. The molecule has 0 fully saturated rings. The van der Waals surface area contributed by atoms with E-state index < -0.39 is 15.8 Å². The Morgan fingerprint density at radius 2 is 1.97 bits per heavy atom. The van der Waals surface area contributed by atoms with Crippen molar-refractivity contribution in [3.05, 3.63) is 60.4 Å². The number of para-hydroxylation sites is 1. The number of hydrogen-bond acceptors (Lipinski definition) is 8. The van der Waals surface area contributed by atoms with Crippen LogP contribution in [0.1, 0.15) is 12.5 Å². The summed E-state index contributed by atoms with van der Waals surface area (Å²) in [7, 11) is -1.19. The number of anilines is 2. The molecule has 1 heterocycles. The summed E-state index contributed by atoms with van der Waals surface area (Å²) >= 11 is 0. The van der Waals surface area contributed by atoms with Crippen LogP contribution in [0.15, 0.2) is 59.2 Å². The molecule has 2 aromatic carbocycles. The first-order valence-electron chi connectivity index (χ1n) is 9.45. The average Bonchev–Trinajstić information content (AvgIpc) is 2.73. The third kappa shape index (κ3) is 6.22. The monoisotopic (exact) mass is 441 g/mol. The fourth-order valence-corrected chi connectivity index (χ4v) is 4.06. The van der Waals surface area contributed by atoms with E-state index in [0.29, 0.717) is 23.2 Å². The fraction of sp³-hybridized carbons (Fsp3) is 0.238. The van der Waals surface area contributed by atoms with Gasteiger partial charge in [0.05, 0.1) is 34.8 Å². The Hall–Kier alpha value is -3.53. The number of ether oxygens (including phenoxy) is 2. The van der Waals surface area contributed by atoms with Crippen molar-refractivity contribution in [3.8, 4) is 17.1 Å². The first kappa shape index (κ1) is 22.2. The van der Waals surface area contributed by atoms with Gasteiger partial charge in [-0.05, 0) is 36.8 Å². The van der Waals surface area contributed by atoms with Crippen LogP contribution in [-0.4, -0.2) is 45.2 Å². The predicted molar refractivity (Wildman–Crippen MR) is 119 cm³/mol. The van der Waals surface area contributed by atoms with Crippen molar-refractivity contribution in [2.75, 3.05) is 25.3 Å². The van der Waals surface area contributed by atoms with Gasteiger partial charge in [0.15, 0.2) is 5.82 Å². The molecule has 0 saturated carbocycles. The lowest BCUT2D eigenvalue weighted by Crippen LogP contribution is -2.07. The summed E-state index contributed by atoms with van der Waals surface area (Å²) in [6.45, 7) is 1.85. The van der Waals surface area contributed by atoms with Crippen LogP contribution in [0.3, 0.4) is 0 Å². The van der Waals surface area contributed by atoms with Crippen molar-refractivity contribution in [1.29, 1.82) is 0 Å². The molecule has 1 atom stereocenters. The second-order valence-electron chi connectivity index (χ2n) is 6.55. The smallest absolute Gasteiger partial charge is 0.441 e. The summed E-state index contributed by atoms with van der Waals surface area (Å²) in [5, 5.41) is 3.12. The molecule has 0 bridgehead atoms. The maximum Gasteiger partial charge on any atom is 0.441 e. The molecule has 0 radical (unpaired) electrons. The normalized spacial score (nSPS) is 12.5. The van der Waals surface area contributed by atoms with E-state index in [-0.39, 0.29) is 12.4 Å². The molecule has 3 aromatic rings. The minimum absolute atomic E-state index is 0.102. The van der Waals surface area contributed by atoms with Crippen molar-refractivity contribution in [2.45, 2.75) is 12.7 Å². The quantitative estimate of drug-likeness (QED) is 0.584. The van der Waals surface area contributed by atoms with E-state index in [1.165, 1.54) is 12.6 Å². The number of methoxy groups -OCH3 is 1. The molecule has 10 heteroatoms. The molecule has 9 nitrogen and oxygen atoms in total. The number of carbonyl (C=O) groups excluding carboxylic acids is 1. The van der Waals surface area contributed by atoms with Crippen LogP contribution in [-0.2, 0) is 20.2 Å². The van der Waals surface area contributed by atoms with Gasteiger partial charge in [-0.1, -0.05) is 24.3 Å². The van der Waals surface area contributed by atoms with Gasteiger partial charge in [0, 0.05) is 11.9 Å². The molecule has 0 spiro atoms. The number of carbonyl (C=O) groups is 1. The Bertz CT molecular complexity index is 1190. The number of hydrogen-bond donors (Lipinski definition) is 1. The van der Waals surface area contributed by atoms with Crippen molar-refractivity contribution in [1.82, 2.24) is 15.0 Å². The van der Waals surface area contributed by atoms with E-state index in [1.807, 2.05) is 36.4 Å². The molecular weight excluding hydrogens is 418 g/mol. The largest absolute Gasteiger partial charge is 0.496 e. The molecule has 0 aliphatic carbocycles. The number of aromatic nitrogens is 3. The molecular formula is C21H23N5O4S. The molecule has 31 heavy (non-hydrogen) atoms. The van der Waals surface area contributed by atoms with Crippen molar-refractivity contribution in [3.63, 3.8) is 0 Å². The van der Waals surface area contributed by atoms with Crippen LogP contribution in [0.25, 0.3) is 11.4 Å². The molecule has 3 rings (SSSR count). The Labute approximate surface area is 181 Å². The highest BCUT2D eigenvalue weighted by Gasteiger charge is 2.11. The van der Waals surface area contributed by atoms with Crippen LogP contribution in [0, 0.1) is 0 Å². The number of amides is 1. The van der Waals surface area contributed by atoms with Crippen LogP contribution < -0.4 is 10.1 Å². The summed E-state index contributed by atoms with van der Waals surface area (Å²) in [5.74, 6) is 1.58. The highest BCUT2D eigenvalue weighted by molar-refractivity contribution is 7.92. The minimum Gasteiger partial charge on any atom is -0.496 e. The Kier molecular flexibility index (Phi) is 7.14. The molecule has 1 N–H and O–H groups in total. The van der Waals surface area contributed by atoms with Gasteiger partial charge in [0.1, 0.15) is 12.1 Å². The van der Waals surface area contributed by atoms with E-state index in [9.17, 15) is 9.00 Å². The van der Waals surface area contributed by atoms with E-state index in [0.717, 1.165) is 11.1 Å². The third-order valence-electron chi connectivity index (χ3n) is 4.07. The van der Waals surface area contributed by atoms with Gasteiger partial charge in [-0.2, -0.15) is 4.98 Å². The van der Waals surface area contributed by atoms with Gasteiger partial charge >= 0.3 is 6.09 Å². The SMILES string of the molecule is CCOC(=O)N=S(C)(=O)Cc1cccc(Nc2ncnc(-c3ccccc3OC)n2)c1. The van der Waals surface area contributed by atoms with E-state index >= 15 is 0 Å². The first-order chi connectivity index (χ1) is 14.9. The Balaban J connectivity index is 1.80. The molecule has 0 saturated heterocycles. The summed E-state index contributed by atoms with van der Waals surface area (Å²) in [4.78, 5) is 24.4. The molecule has 0 aliphatic heterocycles. The zero-order valence-corrected chi connectivity index (χ0v) is 18.3. The van der Waals surface area contributed by atoms with Crippen LogP contribution in [0.4, 0.5) is 16.4 Å². The zero-order chi connectivity index (χ0) is 22.3. The summed E-state index contributed by atoms with van der Waals surface area (Å²) < 4.78 is 26.4. The summed E-state index contributed by atoms with van der Waals surface area (Å²) in [6.07, 6.45) is 2.02. The van der Waals surface area contributed by atoms with Gasteiger partial charge in [0.2, 0.25) is 5.95 Å². The first-order valence-corrected chi connectivity index (χ1v) is 11.5. The van der Waals surface area contributed by atoms with Crippen LogP contribution >= 0.6 is 0 Å². The molecule has 1 amide bonds. The van der Waals surface area contributed by atoms with Crippen molar-refractivity contribution >= 4 is 27.5 Å². The van der Waals surface area contributed by atoms with Crippen LogP contribution in [0.5, 0.6) is 5.75 Å². The van der Waals surface area contributed by atoms with Crippen molar-refractivity contribution in [2.24, 2.45) is 4.36 Å². The van der Waals surface area contributed by atoms with Gasteiger partial charge < -0.3 is 14.8 Å². The predicted octanol–water partition coefficient (Wildman–Crippen LogP) is 4.05. The lowest BCUT2D eigenvalue weighted by atomic mass is 10.2. The highest BCUT2D eigenvalue weighted by Crippen LogP contribution is 2.27. The second-order valence-corrected chi connectivity index (χ2v) is 8.94. The van der Waals surface area contributed by atoms with Crippen molar-refractivity contribution < 1.29 is 18.5 Å². The summed E-state index contributed by atoms with van der Waals surface area (Å²) in [6, 6.07) is 14.7. The standard InChI is InChI=1S/C21H23N5O4S/c1-4-30-21(27)26-31(3,28)13-15-8-7-9-16(12-15)24-20-23-14-22-19(25-20)17-10-5-6-11-18(17)29-2/h5-12,14H,4,13H2,1-3H3,(H,22,23,24,25). The third-order valence-corrected chi connectivity index (χ3v) is 5.48. The zero-order valence-electron chi connectivity index (χ0n) is 17.4. The number of benzene rings is 2. The fourth-order valence-electron chi connectivity index (χ4n) is 2.83. The van der Waals surface area contributed by atoms with Gasteiger partial charge in [-0.3, -0.25) is 0 Å². The van der Waals surface area contributed by atoms with E-state index in [4.69, 9.17) is 9.47 Å². The average molecular weight is 442 g/mol. The van der Waals surface area contributed by atoms with Gasteiger partial charge in [-0.15, -0.1) is 4.36 Å². The van der Waals surface area contributed by atoms with E-state index in [1.54, 1.807) is 26.2 Å². The van der Waals surface area contributed by atoms with Gasteiger partial charge in [-0.25, -0.2) is 19.0 Å². The molecule has 1 aromatic heterocycles. The number of nitrogens with one attached hydrogen (secondary N) is 1. The van der Waals surface area contributed by atoms with Crippen LogP contribution in [0.2, 0.25) is 0 Å². The topological polar surface area (TPSA) is 116 Å². The molecule has 0 aliphatic rings. The number of nitrogens with zero attached hydrogens (tertiary/aromatic N) is 4. The second kappa shape index (κ2) is 9.98. The maximum absolute atomic E-state index is 12.6. The Morgan fingerprint density at radius 1 is 1.16 bits per heavy atom. The van der Waals surface area contributed by atoms with Gasteiger partial charge in [0.25, 0.3) is 0 Å². The van der Waals surface area contributed by atoms with E-state index in [2.05, 4.69) is 24.6 Å². The Morgan fingerprint density at radius 3 is 2.74 bits per heavy atom. The lowest BCUT2D eigenvalue weighted by molar-refractivity contribution is 0.164. The highest BCUT2D eigenvalue weighted by atomic mass is 32.2. The summed E-state index contributed by atoms with van der Waals surface area (Å²) in [5.41, 5.74) is 2.18. The minimum atomic E-state index is -2.78. The lowest BCUT2D eigenvalue weighted by Gasteiger charge is -2.10. The molecule has 162 valence electrons. The maximum atomic E-state index is 12.6.